The van der Waals surface area contributed by atoms with E-state index in [4.69, 9.17) is 23.2 Å². The highest BCUT2D eigenvalue weighted by Gasteiger charge is 2.33. The molecule has 0 spiro atoms. The zero-order valence-corrected chi connectivity index (χ0v) is 24.6. The Balaban J connectivity index is 2.06. The zero-order chi connectivity index (χ0) is 28.6. The second-order valence-corrected chi connectivity index (χ2v) is 12.0. The molecule has 0 aliphatic rings. The topological polar surface area (TPSA) is 86.8 Å². The van der Waals surface area contributed by atoms with Crippen molar-refractivity contribution in [3.63, 3.8) is 0 Å². The van der Waals surface area contributed by atoms with Gasteiger partial charge in [-0.1, -0.05) is 78.7 Å². The number of carbonyl (C=O) groups is 2. The Morgan fingerprint density at radius 2 is 1.59 bits per heavy atom. The van der Waals surface area contributed by atoms with Crippen molar-refractivity contribution in [3.8, 4) is 0 Å². The molecule has 0 saturated heterocycles. The van der Waals surface area contributed by atoms with Gasteiger partial charge in [0.15, 0.2) is 0 Å². The van der Waals surface area contributed by atoms with E-state index in [1.54, 1.807) is 49.4 Å². The summed E-state index contributed by atoms with van der Waals surface area (Å²) in [6.45, 7) is 3.67. The van der Waals surface area contributed by atoms with Crippen molar-refractivity contribution < 1.29 is 18.0 Å². The smallest absolute Gasteiger partial charge is 0.244 e. The van der Waals surface area contributed by atoms with Gasteiger partial charge in [-0.15, -0.1) is 0 Å². The maximum atomic E-state index is 14.0. The third-order valence-corrected chi connectivity index (χ3v) is 8.06. The molecule has 0 heterocycles. The molecule has 10 heteroatoms. The number of nitrogens with zero attached hydrogens (tertiary/aromatic N) is 2. The number of sulfonamides is 1. The van der Waals surface area contributed by atoms with Gasteiger partial charge in [0.2, 0.25) is 21.8 Å². The number of amides is 2. The number of anilines is 1. The number of nitrogens with one attached hydrogen (secondary N) is 1. The van der Waals surface area contributed by atoms with Crippen LogP contribution < -0.4 is 9.62 Å². The lowest BCUT2D eigenvalue weighted by molar-refractivity contribution is -0.140. The Kier molecular flexibility index (Phi) is 10.8. The lowest BCUT2D eigenvalue weighted by Crippen LogP contribution is -2.53. The molecule has 3 aromatic carbocycles. The van der Waals surface area contributed by atoms with Gasteiger partial charge in [-0.05, 0) is 54.3 Å². The van der Waals surface area contributed by atoms with Gasteiger partial charge in [0.1, 0.15) is 12.6 Å². The molecular weight excluding hydrogens is 557 g/mol. The minimum Gasteiger partial charge on any atom is -0.354 e. The standard InChI is InChI=1S/C29H33Cl2N3O4S/c1-4-17-32-29(36)27(18-22-9-6-5-7-10-22)33(19-23-13-15-24(30)16-14-23)28(35)20-34(39(3,37)38)26-12-8-11-25(31)21(26)2/h5-16,27H,4,17-20H2,1-3H3,(H,32,36)/t27-/m0/s1. The number of rotatable bonds is 12. The molecule has 0 saturated carbocycles. The Labute approximate surface area is 240 Å². The first-order chi connectivity index (χ1) is 18.5. The first-order valence-corrected chi connectivity index (χ1v) is 15.2. The highest BCUT2D eigenvalue weighted by Crippen LogP contribution is 2.28. The lowest BCUT2D eigenvalue weighted by atomic mass is 10.0. The second kappa shape index (κ2) is 13.8. The van der Waals surface area contributed by atoms with Crippen molar-refractivity contribution in [2.75, 3.05) is 23.7 Å². The molecule has 1 N–H and O–H groups in total. The summed E-state index contributed by atoms with van der Waals surface area (Å²) >= 11 is 12.4. The predicted octanol–water partition coefficient (Wildman–Crippen LogP) is 5.23. The molecule has 208 valence electrons. The van der Waals surface area contributed by atoms with Gasteiger partial charge in [0.05, 0.1) is 11.9 Å². The minimum atomic E-state index is -3.87. The summed E-state index contributed by atoms with van der Waals surface area (Å²) in [7, 11) is -3.87. The molecule has 0 unspecified atom stereocenters. The van der Waals surface area contributed by atoms with Gasteiger partial charge in [0.25, 0.3) is 0 Å². The summed E-state index contributed by atoms with van der Waals surface area (Å²) in [5.74, 6) is -0.838. The van der Waals surface area contributed by atoms with E-state index >= 15 is 0 Å². The number of hydrogen-bond acceptors (Lipinski definition) is 4. The summed E-state index contributed by atoms with van der Waals surface area (Å²) in [4.78, 5) is 28.9. The average molecular weight is 591 g/mol. The normalized spacial score (nSPS) is 12.0. The van der Waals surface area contributed by atoms with E-state index in [0.29, 0.717) is 27.8 Å². The fraction of sp³-hybridized carbons (Fsp3) is 0.310. The minimum absolute atomic E-state index is 0.0825. The van der Waals surface area contributed by atoms with E-state index < -0.39 is 28.5 Å². The van der Waals surface area contributed by atoms with E-state index in [1.807, 2.05) is 37.3 Å². The maximum absolute atomic E-state index is 14.0. The Hall–Kier alpha value is -3.07. The van der Waals surface area contributed by atoms with Crippen LogP contribution in [0.4, 0.5) is 5.69 Å². The van der Waals surface area contributed by atoms with E-state index in [1.165, 1.54) is 4.90 Å². The van der Waals surface area contributed by atoms with Crippen molar-refractivity contribution in [3.05, 3.63) is 99.5 Å². The van der Waals surface area contributed by atoms with E-state index in [2.05, 4.69) is 5.32 Å². The van der Waals surface area contributed by atoms with Crippen molar-refractivity contribution in [2.45, 2.75) is 39.3 Å². The Morgan fingerprint density at radius 3 is 2.21 bits per heavy atom. The van der Waals surface area contributed by atoms with Gasteiger partial charge < -0.3 is 10.2 Å². The highest BCUT2D eigenvalue weighted by molar-refractivity contribution is 7.92. The molecule has 0 aliphatic heterocycles. The third-order valence-electron chi connectivity index (χ3n) is 6.27. The summed E-state index contributed by atoms with van der Waals surface area (Å²) in [6, 6.07) is 20.4. The molecule has 3 rings (SSSR count). The second-order valence-electron chi connectivity index (χ2n) is 9.30. The number of carbonyl (C=O) groups excluding carboxylic acids is 2. The van der Waals surface area contributed by atoms with Crippen LogP contribution in [0.25, 0.3) is 0 Å². The van der Waals surface area contributed by atoms with Gasteiger partial charge in [-0.3, -0.25) is 13.9 Å². The molecule has 1 atom stereocenters. The average Bonchev–Trinajstić information content (AvgIpc) is 2.90. The van der Waals surface area contributed by atoms with Crippen LogP contribution in [-0.2, 0) is 32.6 Å². The molecule has 0 radical (unpaired) electrons. The van der Waals surface area contributed by atoms with Crippen LogP contribution in [0.3, 0.4) is 0 Å². The van der Waals surface area contributed by atoms with Crippen LogP contribution in [0.2, 0.25) is 10.0 Å². The van der Waals surface area contributed by atoms with Crippen LogP contribution in [0.15, 0.2) is 72.8 Å². The van der Waals surface area contributed by atoms with Gasteiger partial charge in [0, 0.05) is 29.6 Å². The highest BCUT2D eigenvalue weighted by atomic mass is 35.5. The molecular formula is C29H33Cl2N3O4S. The van der Waals surface area contributed by atoms with Crippen LogP contribution in [0.5, 0.6) is 0 Å². The van der Waals surface area contributed by atoms with Crippen molar-refractivity contribution in [1.29, 1.82) is 0 Å². The van der Waals surface area contributed by atoms with Crippen LogP contribution in [0.1, 0.15) is 30.0 Å². The van der Waals surface area contributed by atoms with Crippen molar-refractivity contribution in [1.82, 2.24) is 10.2 Å². The quantitative estimate of drug-likeness (QED) is 0.313. The monoisotopic (exact) mass is 589 g/mol. The van der Waals surface area contributed by atoms with Crippen LogP contribution in [-0.4, -0.2) is 50.5 Å². The first kappa shape index (κ1) is 30.5. The molecule has 0 fully saturated rings. The Bertz CT molecular complexity index is 1380. The number of halogens is 2. The summed E-state index contributed by atoms with van der Waals surface area (Å²) in [5.41, 5.74) is 2.45. The molecule has 39 heavy (non-hydrogen) atoms. The van der Waals surface area contributed by atoms with Crippen LogP contribution >= 0.6 is 23.2 Å². The van der Waals surface area contributed by atoms with Crippen LogP contribution in [0, 0.1) is 6.92 Å². The van der Waals surface area contributed by atoms with Gasteiger partial charge in [-0.2, -0.15) is 0 Å². The maximum Gasteiger partial charge on any atom is 0.244 e. The summed E-state index contributed by atoms with van der Waals surface area (Å²) < 4.78 is 26.8. The fourth-order valence-electron chi connectivity index (χ4n) is 4.17. The third kappa shape index (κ3) is 8.46. The van der Waals surface area contributed by atoms with E-state index in [0.717, 1.165) is 28.1 Å². The fourth-order valence-corrected chi connectivity index (χ4v) is 5.36. The molecule has 2 amide bonds. The molecule has 0 bridgehead atoms. The SMILES string of the molecule is CCCNC(=O)[C@H](Cc1ccccc1)N(Cc1ccc(Cl)cc1)C(=O)CN(c1cccc(Cl)c1C)S(C)(=O)=O. The van der Waals surface area contributed by atoms with Crippen molar-refractivity contribution in [2.24, 2.45) is 0 Å². The molecule has 7 nitrogen and oxygen atoms in total. The van der Waals surface area contributed by atoms with Gasteiger partial charge >= 0.3 is 0 Å². The van der Waals surface area contributed by atoms with Gasteiger partial charge in [-0.25, -0.2) is 8.42 Å². The van der Waals surface area contributed by atoms with E-state index in [9.17, 15) is 18.0 Å². The van der Waals surface area contributed by atoms with Crippen molar-refractivity contribution >= 4 is 50.7 Å². The largest absolute Gasteiger partial charge is 0.354 e. The molecule has 0 aliphatic carbocycles. The summed E-state index contributed by atoms with van der Waals surface area (Å²) in [6.07, 6.45) is 2.02. The Morgan fingerprint density at radius 1 is 0.923 bits per heavy atom. The van der Waals surface area contributed by atoms with E-state index in [-0.39, 0.29) is 18.9 Å². The lowest BCUT2D eigenvalue weighted by Gasteiger charge is -2.34. The first-order valence-electron chi connectivity index (χ1n) is 12.6. The predicted molar refractivity (Wildman–Crippen MR) is 158 cm³/mol. The molecule has 0 aromatic heterocycles. The number of hydrogen-bond donors (Lipinski definition) is 1. The number of benzene rings is 3. The summed E-state index contributed by atoms with van der Waals surface area (Å²) in [5, 5.41) is 3.83. The zero-order valence-electron chi connectivity index (χ0n) is 22.2. The molecule has 3 aromatic rings.